The molecule has 4 heteroatoms. The molecule has 2 aromatic rings. The number of thiol groups is 1. The number of thiophene rings is 1. The minimum atomic E-state index is -2.40. The van der Waals surface area contributed by atoms with Gasteiger partial charge in [-0.25, -0.2) is 8.78 Å². The third kappa shape index (κ3) is 1.53. The number of aryl methyl sites for hydroxylation is 1. The van der Waals surface area contributed by atoms with Crippen molar-refractivity contribution in [3.63, 3.8) is 0 Å². The van der Waals surface area contributed by atoms with Crippen LogP contribution in [0.4, 0.5) is 8.78 Å². The lowest BCUT2D eigenvalue weighted by Crippen LogP contribution is -1.81. The van der Waals surface area contributed by atoms with Crippen molar-refractivity contribution < 1.29 is 8.78 Å². The number of benzene rings is 1. The fourth-order valence-electron chi connectivity index (χ4n) is 1.36. The summed E-state index contributed by atoms with van der Waals surface area (Å²) in [6, 6.07) is 4.75. The molecule has 1 aromatic carbocycles. The minimum Gasteiger partial charge on any atom is -0.205 e. The first-order chi connectivity index (χ1) is 6.59. The summed E-state index contributed by atoms with van der Waals surface area (Å²) in [7, 11) is 0. The van der Waals surface area contributed by atoms with Gasteiger partial charge in [0.25, 0.3) is 6.43 Å². The van der Waals surface area contributed by atoms with Gasteiger partial charge in [0.15, 0.2) is 0 Å². The Hall–Kier alpha value is -0.610. The SMILES string of the molecule is Cc1c(S)sc2cc(C(F)F)ccc12. The van der Waals surface area contributed by atoms with Crippen LogP contribution in [-0.4, -0.2) is 0 Å². The predicted molar refractivity (Wildman–Crippen MR) is 58.8 cm³/mol. The number of hydrogen-bond donors (Lipinski definition) is 1. The van der Waals surface area contributed by atoms with Crippen LogP contribution in [-0.2, 0) is 0 Å². The highest BCUT2D eigenvalue weighted by Crippen LogP contribution is 2.35. The van der Waals surface area contributed by atoms with Gasteiger partial charge in [0.1, 0.15) is 0 Å². The topological polar surface area (TPSA) is 0 Å². The van der Waals surface area contributed by atoms with Crippen molar-refractivity contribution in [1.82, 2.24) is 0 Å². The molecule has 1 heterocycles. The van der Waals surface area contributed by atoms with Gasteiger partial charge in [-0.05, 0) is 23.9 Å². The van der Waals surface area contributed by atoms with Crippen LogP contribution in [0, 0.1) is 6.92 Å². The van der Waals surface area contributed by atoms with E-state index in [1.165, 1.54) is 23.5 Å². The van der Waals surface area contributed by atoms with E-state index in [4.69, 9.17) is 0 Å². The summed E-state index contributed by atoms with van der Waals surface area (Å²) in [4.78, 5) is 0. The van der Waals surface area contributed by atoms with E-state index in [1.54, 1.807) is 6.07 Å². The van der Waals surface area contributed by atoms with Gasteiger partial charge >= 0.3 is 0 Å². The molecule has 0 spiro atoms. The molecule has 0 unspecified atom stereocenters. The van der Waals surface area contributed by atoms with Gasteiger partial charge in [-0.1, -0.05) is 12.1 Å². The Labute approximate surface area is 90.0 Å². The highest BCUT2D eigenvalue weighted by molar-refractivity contribution is 7.83. The molecule has 0 nitrogen and oxygen atoms in total. The molecular formula is C10H8F2S2. The first-order valence-corrected chi connectivity index (χ1v) is 5.36. The van der Waals surface area contributed by atoms with Crippen LogP contribution in [0.15, 0.2) is 22.4 Å². The second-order valence-corrected chi connectivity index (χ2v) is 4.89. The van der Waals surface area contributed by atoms with Crippen molar-refractivity contribution in [2.75, 3.05) is 0 Å². The number of hydrogen-bond acceptors (Lipinski definition) is 2. The lowest BCUT2D eigenvalue weighted by atomic mass is 10.1. The van der Waals surface area contributed by atoms with E-state index in [1.807, 2.05) is 6.92 Å². The van der Waals surface area contributed by atoms with Gasteiger partial charge in [0, 0.05) is 10.3 Å². The third-order valence-electron chi connectivity index (χ3n) is 2.19. The normalized spacial score (nSPS) is 11.5. The van der Waals surface area contributed by atoms with Gasteiger partial charge in [0.05, 0.1) is 4.21 Å². The molecule has 0 aliphatic rings. The summed E-state index contributed by atoms with van der Waals surface area (Å²) >= 11 is 5.71. The molecule has 0 aliphatic heterocycles. The molecule has 0 N–H and O–H groups in total. The molecular weight excluding hydrogens is 222 g/mol. The summed E-state index contributed by atoms with van der Waals surface area (Å²) < 4.78 is 26.6. The zero-order chi connectivity index (χ0) is 10.3. The first kappa shape index (κ1) is 9.93. The van der Waals surface area contributed by atoms with Crippen LogP contribution in [0.3, 0.4) is 0 Å². The van der Waals surface area contributed by atoms with Crippen molar-refractivity contribution in [2.24, 2.45) is 0 Å². The monoisotopic (exact) mass is 230 g/mol. The Kier molecular flexibility index (Phi) is 2.49. The molecule has 74 valence electrons. The van der Waals surface area contributed by atoms with E-state index in [2.05, 4.69) is 12.6 Å². The Balaban J connectivity index is 2.67. The zero-order valence-corrected chi connectivity index (χ0v) is 9.13. The fourth-order valence-corrected chi connectivity index (χ4v) is 2.78. The van der Waals surface area contributed by atoms with Crippen LogP contribution in [0.25, 0.3) is 10.1 Å². The van der Waals surface area contributed by atoms with E-state index >= 15 is 0 Å². The van der Waals surface area contributed by atoms with Crippen LogP contribution in [0.1, 0.15) is 17.6 Å². The van der Waals surface area contributed by atoms with E-state index < -0.39 is 6.43 Å². The molecule has 0 atom stereocenters. The number of rotatable bonds is 1. The average Bonchev–Trinajstić information content (AvgIpc) is 2.42. The molecule has 1 aromatic heterocycles. The van der Waals surface area contributed by atoms with E-state index in [0.29, 0.717) is 0 Å². The smallest absolute Gasteiger partial charge is 0.205 e. The molecule has 0 amide bonds. The Morgan fingerprint density at radius 2 is 2.07 bits per heavy atom. The first-order valence-electron chi connectivity index (χ1n) is 4.09. The Morgan fingerprint density at radius 1 is 1.36 bits per heavy atom. The Morgan fingerprint density at radius 3 is 2.71 bits per heavy atom. The highest BCUT2D eigenvalue weighted by Gasteiger charge is 2.10. The summed E-state index contributed by atoms with van der Waals surface area (Å²) in [6.45, 7) is 1.95. The molecule has 2 rings (SSSR count). The molecule has 0 saturated carbocycles. The van der Waals surface area contributed by atoms with Gasteiger partial charge in [0.2, 0.25) is 0 Å². The summed E-state index contributed by atoms with van der Waals surface area (Å²) in [6.07, 6.45) is -2.40. The number of halogens is 2. The lowest BCUT2D eigenvalue weighted by Gasteiger charge is -1.98. The van der Waals surface area contributed by atoms with Gasteiger partial charge in [-0.3, -0.25) is 0 Å². The lowest BCUT2D eigenvalue weighted by molar-refractivity contribution is 0.151. The number of alkyl halides is 2. The fraction of sp³-hybridized carbons (Fsp3) is 0.200. The molecule has 0 fully saturated rings. The Bertz CT molecular complexity index is 474. The van der Waals surface area contributed by atoms with Crippen molar-refractivity contribution in [3.8, 4) is 0 Å². The largest absolute Gasteiger partial charge is 0.263 e. The van der Waals surface area contributed by atoms with Crippen LogP contribution >= 0.6 is 24.0 Å². The van der Waals surface area contributed by atoms with Crippen molar-refractivity contribution in [3.05, 3.63) is 29.3 Å². The summed E-state index contributed by atoms with van der Waals surface area (Å²) in [5, 5.41) is 1.02. The molecule has 14 heavy (non-hydrogen) atoms. The predicted octanol–water partition coefficient (Wildman–Crippen LogP) is 4.44. The number of fused-ring (bicyclic) bond motifs is 1. The van der Waals surface area contributed by atoms with Gasteiger partial charge < -0.3 is 0 Å². The second kappa shape index (κ2) is 3.51. The molecule has 0 aliphatic carbocycles. The second-order valence-electron chi connectivity index (χ2n) is 3.09. The zero-order valence-electron chi connectivity index (χ0n) is 7.42. The van der Waals surface area contributed by atoms with Crippen molar-refractivity contribution in [2.45, 2.75) is 17.6 Å². The van der Waals surface area contributed by atoms with Crippen LogP contribution < -0.4 is 0 Å². The van der Waals surface area contributed by atoms with E-state index in [0.717, 1.165) is 19.9 Å². The maximum Gasteiger partial charge on any atom is 0.263 e. The van der Waals surface area contributed by atoms with Crippen LogP contribution in [0.5, 0.6) is 0 Å². The molecule has 0 saturated heterocycles. The minimum absolute atomic E-state index is 0.0760. The summed E-state index contributed by atoms with van der Waals surface area (Å²) in [5.41, 5.74) is 1.14. The van der Waals surface area contributed by atoms with Gasteiger partial charge in [-0.2, -0.15) is 0 Å². The van der Waals surface area contributed by atoms with Crippen molar-refractivity contribution in [1.29, 1.82) is 0 Å². The van der Waals surface area contributed by atoms with E-state index in [9.17, 15) is 8.78 Å². The van der Waals surface area contributed by atoms with Crippen molar-refractivity contribution >= 4 is 34.1 Å². The standard InChI is InChI=1S/C10H8F2S2/c1-5-7-3-2-6(9(11)12)4-8(7)14-10(5)13/h2-4,9,13H,1H3. The van der Waals surface area contributed by atoms with Gasteiger partial charge in [-0.15, -0.1) is 24.0 Å². The summed E-state index contributed by atoms with van der Waals surface area (Å²) in [5.74, 6) is 0. The highest BCUT2D eigenvalue weighted by atomic mass is 32.2. The molecule has 0 bridgehead atoms. The third-order valence-corrected chi connectivity index (χ3v) is 3.86. The maximum atomic E-state index is 12.4. The quantitative estimate of drug-likeness (QED) is 0.688. The maximum absolute atomic E-state index is 12.4. The van der Waals surface area contributed by atoms with Crippen LogP contribution in [0.2, 0.25) is 0 Å². The van der Waals surface area contributed by atoms with E-state index in [-0.39, 0.29) is 5.56 Å². The molecule has 0 radical (unpaired) electrons. The average molecular weight is 230 g/mol.